The highest BCUT2D eigenvalue weighted by Gasteiger charge is 2.45. The van der Waals surface area contributed by atoms with Crippen LogP contribution in [0.3, 0.4) is 0 Å². The Kier molecular flexibility index (Phi) is 4.81. The average Bonchev–Trinajstić information content (AvgIpc) is 3.34. The van der Waals surface area contributed by atoms with Crippen molar-refractivity contribution in [3.8, 4) is 0 Å². The lowest BCUT2D eigenvalue weighted by Crippen LogP contribution is -2.51. The summed E-state index contributed by atoms with van der Waals surface area (Å²) < 4.78 is 13.8. The molecule has 2 aliphatic carbocycles. The van der Waals surface area contributed by atoms with Gasteiger partial charge in [0.1, 0.15) is 5.82 Å². The summed E-state index contributed by atoms with van der Waals surface area (Å²) in [6.07, 6.45) is 8.66. The van der Waals surface area contributed by atoms with E-state index in [0.717, 1.165) is 69.6 Å². The van der Waals surface area contributed by atoms with Crippen molar-refractivity contribution in [2.75, 3.05) is 19.6 Å². The van der Waals surface area contributed by atoms with Gasteiger partial charge < -0.3 is 10.2 Å². The smallest absolute Gasteiger partial charge is 0.233 e. The predicted molar refractivity (Wildman–Crippen MR) is 96.9 cm³/mol. The lowest BCUT2D eigenvalue weighted by atomic mass is 9.77. The van der Waals surface area contributed by atoms with E-state index in [1.54, 1.807) is 12.1 Å². The third-order valence-electron chi connectivity index (χ3n) is 6.42. The molecule has 0 bridgehead atoms. The molecule has 4 heteroatoms. The number of halogens is 1. The van der Waals surface area contributed by atoms with E-state index in [1.165, 1.54) is 18.9 Å². The molecule has 25 heavy (non-hydrogen) atoms. The number of amides is 1. The van der Waals surface area contributed by atoms with Crippen LogP contribution in [0.25, 0.3) is 0 Å². The summed E-state index contributed by atoms with van der Waals surface area (Å²) in [4.78, 5) is 15.4. The zero-order valence-corrected chi connectivity index (χ0v) is 15.0. The van der Waals surface area contributed by atoms with Gasteiger partial charge in [-0.2, -0.15) is 0 Å². The van der Waals surface area contributed by atoms with Gasteiger partial charge in [-0.05, 0) is 68.7 Å². The number of nitrogens with one attached hydrogen (secondary N) is 1. The molecule has 3 nitrogen and oxygen atoms in total. The molecule has 1 aliphatic heterocycles. The van der Waals surface area contributed by atoms with Crippen LogP contribution in [0.15, 0.2) is 24.3 Å². The zero-order valence-electron chi connectivity index (χ0n) is 15.0. The fourth-order valence-electron chi connectivity index (χ4n) is 4.64. The quantitative estimate of drug-likeness (QED) is 0.885. The fourth-order valence-corrected chi connectivity index (χ4v) is 4.64. The number of nitrogens with zero attached hydrogens (tertiary/aromatic N) is 1. The summed E-state index contributed by atoms with van der Waals surface area (Å²) >= 11 is 0. The summed E-state index contributed by atoms with van der Waals surface area (Å²) in [5.74, 6) is 0.894. The van der Waals surface area contributed by atoms with Crippen LogP contribution < -0.4 is 5.32 Å². The predicted octanol–water partition coefficient (Wildman–Crippen LogP) is 3.63. The molecule has 1 aromatic carbocycles. The standard InChI is InChI=1S/C21H29FN2O/c22-18-5-3-4-17(14-18)21(10-1-2-11-21)20(25)24-12-8-19(9-13-24)23-15-16-6-7-16/h3-5,14,16,19,23H,1-2,6-13,15H2. The van der Waals surface area contributed by atoms with E-state index in [-0.39, 0.29) is 11.7 Å². The Morgan fingerprint density at radius 1 is 1.16 bits per heavy atom. The first-order valence-corrected chi connectivity index (χ1v) is 9.96. The van der Waals surface area contributed by atoms with Gasteiger partial charge >= 0.3 is 0 Å². The van der Waals surface area contributed by atoms with E-state index in [1.807, 2.05) is 11.0 Å². The molecule has 0 unspecified atom stereocenters. The lowest BCUT2D eigenvalue weighted by molar-refractivity contribution is -0.138. The summed E-state index contributed by atoms with van der Waals surface area (Å²) in [6, 6.07) is 7.28. The number of likely N-dealkylation sites (tertiary alicyclic amines) is 1. The van der Waals surface area contributed by atoms with E-state index in [2.05, 4.69) is 5.32 Å². The molecular weight excluding hydrogens is 315 g/mol. The Morgan fingerprint density at radius 3 is 2.52 bits per heavy atom. The van der Waals surface area contributed by atoms with E-state index >= 15 is 0 Å². The molecule has 1 heterocycles. The van der Waals surface area contributed by atoms with Gasteiger partial charge in [0.15, 0.2) is 0 Å². The van der Waals surface area contributed by atoms with Crippen LogP contribution in [-0.2, 0) is 10.2 Å². The minimum atomic E-state index is -0.490. The van der Waals surface area contributed by atoms with E-state index in [9.17, 15) is 9.18 Å². The molecule has 1 saturated heterocycles. The van der Waals surface area contributed by atoms with Gasteiger partial charge in [0, 0.05) is 19.1 Å². The van der Waals surface area contributed by atoms with Crippen molar-refractivity contribution in [2.24, 2.45) is 5.92 Å². The van der Waals surface area contributed by atoms with Crippen LogP contribution in [0, 0.1) is 11.7 Å². The SMILES string of the molecule is O=C(N1CCC(NCC2CC2)CC1)C1(c2cccc(F)c2)CCCC1. The molecule has 3 aliphatic rings. The highest BCUT2D eigenvalue weighted by Crippen LogP contribution is 2.43. The van der Waals surface area contributed by atoms with Gasteiger partial charge in [0.2, 0.25) is 5.91 Å². The monoisotopic (exact) mass is 344 g/mol. The minimum absolute atomic E-state index is 0.233. The Bertz CT molecular complexity index is 614. The molecule has 0 spiro atoms. The summed E-state index contributed by atoms with van der Waals surface area (Å²) in [5.41, 5.74) is 0.389. The van der Waals surface area contributed by atoms with Crippen LogP contribution in [0.5, 0.6) is 0 Å². The second kappa shape index (κ2) is 7.06. The highest BCUT2D eigenvalue weighted by atomic mass is 19.1. The summed E-state index contributed by atoms with van der Waals surface area (Å²) in [7, 11) is 0. The maximum atomic E-state index is 13.8. The summed E-state index contributed by atoms with van der Waals surface area (Å²) in [5, 5.41) is 3.67. The largest absolute Gasteiger partial charge is 0.342 e. The van der Waals surface area contributed by atoms with Crippen LogP contribution in [0.4, 0.5) is 4.39 Å². The number of rotatable bonds is 5. The van der Waals surface area contributed by atoms with Crippen molar-refractivity contribution in [3.05, 3.63) is 35.6 Å². The van der Waals surface area contributed by atoms with Crippen molar-refractivity contribution < 1.29 is 9.18 Å². The maximum Gasteiger partial charge on any atom is 0.233 e. The molecular formula is C21H29FN2O. The van der Waals surface area contributed by atoms with Crippen LogP contribution in [0.2, 0.25) is 0 Å². The molecule has 3 fully saturated rings. The number of benzene rings is 1. The molecule has 2 saturated carbocycles. The molecule has 1 N–H and O–H groups in total. The molecule has 0 atom stereocenters. The topological polar surface area (TPSA) is 32.3 Å². The Morgan fingerprint density at radius 2 is 1.88 bits per heavy atom. The van der Waals surface area contributed by atoms with E-state index in [0.29, 0.717) is 6.04 Å². The van der Waals surface area contributed by atoms with Gasteiger partial charge in [0.05, 0.1) is 5.41 Å². The summed E-state index contributed by atoms with van der Waals surface area (Å²) in [6.45, 7) is 2.81. The third kappa shape index (κ3) is 3.59. The zero-order chi connectivity index (χ0) is 17.3. The number of carbonyl (C=O) groups excluding carboxylic acids is 1. The number of carbonyl (C=O) groups is 1. The Balaban J connectivity index is 1.43. The van der Waals surface area contributed by atoms with Crippen molar-refractivity contribution in [3.63, 3.8) is 0 Å². The lowest BCUT2D eigenvalue weighted by Gasteiger charge is -2.39. The number of hydrogen-bond donors (Lipinski definition) is 1. The van der Waals surface area contributed by atoms with Crippen LogP contribution >= 0.6 is 0 Å². The Hall–Kier alpha value is -1.42. The third-order valence-corrected chi connectivity index (χ3v) is 6.42. The van der Waals surface area contributed by atoms with Gasteiger partial charge in [-0.3, -0.25) is 4.79 Å². The molecule has 0 radical (unpaired) electrons. The normalized spacial score (nSPS) is 23.8. The first-order chi connectivity index (χ1) is 12.2. The van der Waals surface area contributed by atoms with E-state index in [4.69, 9.17) is 0 Å². The van der Waals surface area contributed by atoms with Gasteiger partial charge in [-0.1, -0.05) is 25.0 Å². The van der Waals surface area contributed by atoms with Crippen molar-refractivity contribution in [1.82, 2.24) is 10.2 Å². The number of piperidine rings is 1. The highest BCUT2D eigenvalue weighted by molar-refractivity contribution is 5.88. The van der Waals surface area contributed by atoms with Crippen LogP contribution in [-0.4, -0.2) is 36.5 Å². The van der Waals surface area contributed by atoms with Gasteiger partial charge in [-0.25, -0.2) is 4.39 Å². The van der Waals surface area contributed by atoms with Crippen molar-refractivity contribution in [1.29, 1.82) is 0 Å². The minimum Gasteiger partial charge on any atom is -0.342 e. The van der Waals surface area contributed by atoms with Crippen molar-refractivity contribution >= 4 is 5.91 Å². The maximum absolute atomic E-state index is 13.8. The molecule has 1 aromatic rings. The number of hydrogen-bond acceptors (Lipinski definition) is 2. The second-order valence-electron chi connectivity index (χ2n) is 8.22. The van der Waals surface area contributed by atoms with Crippen molar-refractivity contribution in [2.45, 2.75) is 62.8 Å². The molecule has 1 amide bonds. The second-order valence-corrected chi connectivity index (χ2v) is 8.22. The van der Waals surface area contributed by atoms with Gasteiger partial charge in [-0.15, -0.1) is 0 Å². The molecule has 4 rings (SSSR count). The molecule has 136 valence electrons. The molecule has 0 aromatic heterocycles. The van der Waals surface area contributed by atoms with E-state index < -0.39 is 5.41 Å². The first kappa shape index (κ1) is 17.0. The first-order valence-electron chi connectivity index (χ1n) is 9.96. The fraction of sp³-hybridized carbons (Fsp3) is 0.667. The average molecular weight is 344 g/mol. The van der Waals surface area contributed by atoms with Crippen LogP contribution in [0.1, 0.15) is 56.9 Å². The Labute approximate surface area is 150 Å². The van der Waals surface area contributed by atoms with Gasteiger partial charge in [0.25, 0.3) is 0 Å².